The zero-order chi connectivity index (χ0) is 12.8. The highest BCUT2D eigenvalue weighted by Crippen LogP contribution is 2.33. The summed E-state index contributed by atoms with van der Waals surface area (Å²) in [6.45, 7) is 4.31. The maximum atomic E-state index is 5.56. The van der Waals surface area contributed by atoms with Crippen molar-refractivity contribution in [3.8, 4) is 5.75 Å². The number of rotatable bonds is 5. The number of para-hydroxylation sites is 1. The maximum absolute atomic E-state index is 5.56. The fourth-order valence-electron chi connectivity index (χ4n) is 2.79. The number of piperidine rings is 1. The number of ether oxygens (including phenoxy) is 1. The molecule has 1 saturated heterocycles. The van der Waals surface area contributed by atoms with Gasteiger partial charge in [-0.15, -0.1) is 0 Å². The Labute approximate surface area is 110 Å². The summed E-state index contributed by atoms with van der Waals surface area (Å²) in [6.07, 6.45) is 3.56. The number of hydrogen-bond acceptors (Lipinski definition) is 3. The number of nitrogens with zero attached hydrogens (tertiary/aromatic N) is 1. The van der Waals surface area contributed by atoms with Crippen LogP contribution in [-0.4, -0.2) is 38.2 Å². The van der Waals surface area contributed by atoms with E-state index in [1.807, 2.05) is 6.07 Å². The topological polar surface area (TPSA) is 38.5 Å². The summed E-state index contributed by atoms with van der Waals surface area (Å²) in [5.41, 5.74) is 6.93. The van der Waals surface area contributed by atoms with E-state index in [4.69, 9.17) is 10.5 Å². The highest BCUT2D eigenvalue weighted by atomic mass is 16.5. The number of nitrogens with two attached hydrogens (primary N) is 1. The molecule has 0 aliphatic carbocycles. The summed E-state index contributed by atoms with van der Waals surface area (Å²) >= 11 is 0. The minimum atomic E-state index is 0.648. The molecule has 1 fully saturated rings. The van der Waals surface area contributed by atoms with Gasteiger partial charge in [0.25, 0.3) is 0 Å². The summed E-state index contributed by atoms with van der Waals surface area (Å²) in [4.78, 5) is 2.53. The molecule has 3 nitrogen and oxygen atoms in total. The standard InChI is InChI=1S/C15H24N2O/c1-18-15-6-3-2-5-14(15)13-7-11-17(12-8-13)10-4-9-16/h2-3,5-6,13H,4,7-12,16H2,1H3. The van der Waals surface area contributed by atoms with Crippen molar-refractivity contribution >= 4 is 0 Å². The van der Waals surface area contributed by atoms with Crippen molar-refractivity contribution in [3.05, 3.63) is 29.8 Å². The van der Waals surface area contributed by atoms with Crippen molar-refractivity contribution in [1.82, 2.24) is 4.90 Å². The second-order valence-corrected chi connectivity index (χ2v) is 5.00. The molecule has 1 aromatic rings. The van der Waals surface area contributed by atoms with Crippen LogP contribution in [0.5, 0.6) is 5.75 Å². The van der Waals surface area contributed by atoms with Crippen LogP contribution in [0.15, 0.2) is 24.3 Å². The lowest BCUT2D eigenvalue weighted by atomic mass is 9.89. The van der Waals surface area contributed by atoms with Crippen molar-refractivity contribution in [2.45, 2.75) is 25.2 Å². The van der Waals surface area contributed by atoms with E-state index in [2.05, 4.69) is 23.1 Å². The Morgan fingerprint density at radius 3 is 2.67 bits per heavy atom. The van der Waals surface area contributed by atoms with Gasteiger partial charge in [0.2, 0.25) is 0 Å². The molecule has 0 spiro atoms. The lowest BCUT2D eigenvalue weighted by Gasteiger charge is -2.32. The minimum Gasteiger partial charge on any atom is -0.496 e. The molecule has 2 rings (SSSR count). The van der Waals surface area contributed by atoms with Gasteiger partial charge in [0.05, 0.1) is 7.11 Å². The molecule has 3 heteroatoms. The predicted octanol–water partition coefficient (Wildman–Crippen LogP) is 2.22. The van der Waals surface area contributed by atoms with Gasteiger partial charge in [-0.2, -0.15) is 0 Å². The third-order valence-electron chi connectivity index (χ3n) is 3.84. The van der Waals surface area contributed by atoms with Gasteiger partial charge in [-0.05, 0) is 63.0 Å². The lowest BCUT2D eigenvalue weighted by molar-refractivity contribution is 0.209. The molecule has 0 saturated carbocycles. The first-order valence-corrected chi connectivity index (χ1v) is 6.90. The Hall–Kier alpha value is -1.06. The van der Waals surface area contributed by atoms with Crippen molar-refractivity contribution in [2.75, 3.05) is 33.3 Å². The van der Waals surface area contributed by atoms with E-state index in [1.165, 1.54) is 31.5 Å². The molecular formula is C15H24N2O. The van der Waals surface area contributed by atoms with Crippen molar-refractivity contribution in [3.63, 3.8) is 0 Å². The largest absolute Gasteiger partial charge is 0.496 e. The van der Waals surface area contributed by atoms with E-state index in [-0.39, 0.29) is 0 Å². The van der Waals surface area contributed by atoms with E-state index < -0.39 is 0 Å². The fraction of sp³-hybridized carbons (Fsp3) is 0.600. The molecule has 0 unspecified atom stereocenters. The Morgan fingerprint density at radius 1 is 1.28 bits per heavy atom. The normalized spacial score (nSPS) is 17.9. The monoisotopic (exact) mass is 248 g/mol. The van der Waals surface area contributed by atoms with Crippen LogP contribution in [0.3, 0.4) is 0 Å². The molecule has 0 atom stereocenters. The second-order valence-electron chi connectivity index (χ2n) is 5.00. The Morgan fingerprint density at radius 2 is 2.00 bits per heavy atom. The van der Waals surface area contributed by atoms with Crippen LogP contribution in [0.2, 0.25) is 0 Å². The molecule has 18 heavy (non-hydrogen) atoms. The fourth-order valence-corrected chi connectivity index (χ4v) is 2.79. The van der Waals surface area contributed by atoms with Gasteiger partial charge in [-0.25, -0.2) is 0 Å². The van der Waals surface area contributed by atoms with E-state index in [0.29, 0.717) is 5.92 Å². The number of hydrogen-bond donors (Lipinski definition) is 1. The molecule has 1 aromatic carbocycles. The highest BCUT2D eigenvalue weighted by molar-refractivity contribution is 5.36. The first-order valence-electron chi connectivity index (χ1n) is 6.90. The molecule has 100 valence electrons. The molecule has 2 N–H and O–H groups in total. The number of benzene rings is 1. The third-order valence-corrected chi connectivity index (χ3v) is 3.84. The molecule has 0 radical (unpaired) electrons. The second kappa shape index (κ2) is 6.76. The van der Waals surface area contributed by atoms with Crippen molar-refractivity contribution in [2.24, 2.45) is 5.73 Å². The first-order chi connectivity index (χ1) is 8.85. The van der Waals surface area contributed by atoms with Gasteiger partial charge in [0, 0.05) is 0 Å². The van der Waals surface area contributed by atoms with E-state index >= 15 is 0 Å². The van der Waals surface area contributed by atoms with E-state index in [1.54, 1.807) is 7.11 Å². The SMILES string of the molecule is COc1ccccc1C1CCN(CCCN)CC1. The van der Waals surface area contributed by atoms with Gasteiger partial charge in [0.15, 0.2) is 0 Å². The number of methoxy groups -OCH3 is 1. The average molecular weight is 248 g/mol. The summed E-state index contributed by atoms with van der Waals surface area (Å²) in [5, 5.41) is 0. The molecular weight excluding hydrogens is 224 g/mol. The highest BCUT2D eigenvalue weighted by Gasteiger charge is 2.22. The zero-order valence-corrected chi connectivity index (χ0v) is 11.3. The Bertz CT molecular complexity index is 359. The summed E-state index contributed by atoms with van der Waals surface area (Å²) in [6, 6.07) is 8.42. The Kier molecular flexibility index (Phi) is 5.02. The number of likely N-dealkylation sites (tertiary alicyclic amines) is 1. The summed E-state index contributed by atoms with van der Waals surface area (Å²) < 4.78 is 5.46. The van der Waals surface area contributed by atoms with Crippen LogP contribution in [0.25, 0.3) is 0 Å². The predicted molar refractivity (Wildman–Crippen MR) is 75.1 cm³/mol. The van der Waals surface area contributed by atoms with Crippen LogP contribution in [0.1, 0.15) is 30.7 Å². The zero-order valence-electron chi connectivity index (χ0n) is 11.3. The third kappa shape index (κ3) is 3.24. The average Bonchev–Trinajstić information content (AvgIpc) is 2.45. The lowest BCUT2D eigenvalue weighted by Crippen LogP contribution is -2.34. The van der Waals surface area contributed by atoms with Crippen LogP contribution in [-0.2, 0) is 0 Å². The van der Waals surface area contributed by atoms with E-state index in [0.717, 1.165) is 25.3 Å². The quantitative estimate of drug-likeness (QED) is 0.868. The molecule has 1 aliphatic heterocycles. The first kappa shape index (κ1) is 13.4. The molecule has 0 aromatic heterocycles. The van der Waals surface area contributed by atoms with Crippen LogP contribution >= 0.6 is 0 Å². The smallest absolute Gasteiger partial charge is 0.122 e. The van der Waals surface area contributed by atoms with Crippen molar-refractivity contribution < 1.29 is 4.74 Å². The van der Waals surface area contributed by atoms with Crippen molar-refractivity contribution in [1.29, 1.82) is 0 Å². The van der Waals surface area contributed by atoms with Gasteiger partial charge >= 0.3 is 0 Å². The van der Waals surface area contributed by atoms with Gasteiger partial charge in [-0.1, -0.05) is 18.2 Å². The minimum absolute atomic E-state index is 0.648. The van der Waals surface area contributed by atoms with Gasteiger partial charge in [-0.3, -0.25) is 0 Å². The van der Waals surface area contributed by atoms with Crippen LogP contribution < -0.4 is 10.5 Å². The summed E-state index contributed by atoms with van der Waals surface area (Å²) in [7, 11) is 1.76. The maximum Gasteiger partial charge on any atom is 0.122 e. The summed E-state index contributed by atoms with van der Waals surface area (Å²) in [5.74, 6) is 1.69. The Balaban J connectivity index is 1.92. The molecule has 1 heterocycles. The van der Waals surface area contributed by atoms with Crippen LogP contribution in [0.4, 0.5) is 0 Å². The van der Waals surface area contributed by atoms with Gasteiger partial charge < -0.3 is 15.4 Å². The molecule has 0 bridgehead atoms. The molecule has 1 aliphatic rings. The molecule has 0 amide bonds. The van der Waals surface area contributed by atoms with Gasteiger partial charge in [0.1, 0.15) is 5.75 Å². The van der Waals surface area contributed by atoms with Crippen LogP contribution in [0, 0.1) is 0 Å². The van der Waals surface area contributed by atoms with E-state index in [9.17, 15) is 0 Å².